The summed E-state index contributed by atoms with van der Waals surface area (Å²) in [6.07, 6.45) is 3.19. The van der Waals surface area contributed by atoms with Gasteiger partial charge in [-0.15, -0.1) is 0 Å². The van der Waals surface area contributed by atoms with Gasteiger partial charge in [0, 0.05) is 43.1 Å². The van der Waals surface area contributed by atoms with Gasteiger partial charge in [-0.2, -0.15) is 4.98 Å². The first-order valence-corrected chi connectivity index (χ1v) is 10.9. The first kappa shape index (κ1) is 22.6. The summed E-state index contributed by atoms with van der Waals surface area (Å²) in [4.78, 5) is 25.2. The largest absolute Gasteiger partial charge is 0.373 e. The fourth-order valence-electron chi connectivity index (χ4n) is 3.55. The summed E-state index contributed by atoms with van der Waals surface area (Å²) in [5.41, 5.74) is 8.73. The summed E-state index contributed by atoms with van der Waals surface area (Å²) in [6, 6.07) is 15.5. The molecule has 0 aliphatic heterocycles. The number of amides is 1. The topological polar surface area (TPSA) is 92.3 Å². The van der Waals surface area contributed by atoms with E-state index in [0.717, 1.165) is 35.4 Å². The number of carbonyl (C=O) groups excluding carboxylic acids is 1. The van der Waals surface area contributed by atoms with Gasteiger partial charge in [0.05, 0.1) is 17.3 Å². The molecule has 0 spiro atoms. The molecule has 0 aliphatic rings. The SMILES string of the molecule is CN(C)CCN(C)c1ccc(Nc2ncc(Cl)c(-n3cc(C(N)=O)c4ccccc43)n2)cc1. The predicted molar refractivity (Wildman–Crippen MR) is 134 cm³/mol. The molecule has 0 aliphatic carbocycles. The highest BCUT2D eigenvalue weighted by atomic mass is 35.5. The molecule has 0 unspecified atom stereocenters. The molecule has 2 aromatic carbocycles. The Morgan fingerprint density at radius 3 is 2.52 bits per heavy atom. The van der Waals surface area contributed by atoms with E-state index in [9.17, 15) is 4.79 Å². The highest BCUT2D eigenvalue weighted by Gasteiger charge is 2.17. The number of rotatable bonds is 8. The van der Waals surface area contributed by atoms with E-state index in [1.54, 1.807) is 10.8 Å². The van der Waals surface area contributed by atoms with Gasteiger partial charge in [0.15, 0.2) is 5.82 Å². The van der Waals surface area contributed by atoms with Crippen molar-refractivity contribution in [3.8, 4) is 5.82 Å². The van der Waals surface area contributed by atoms with Crippen molar-refractivity contribution in [2.24, 2.45) is 5.73 Å². The molecule has 0 atom stereocenters. The maximum absolute atomic E-state index is 11.9. The molecule has 9 heteroatoms. The monoisotopic (exact) mass is 463 g/mol. The fourth-order valence-corrected chi connectivity index (χ4v) is 3.73. The number of benzene rings is 2. The number of hydrogen-bond donors (Lipinski definition) is 2. The third-order valence-electron chi connectivity index (χ3n) is 5.38. The molecule has 2 aromatic heterocycles. The quantitative estimate of drug-likeness (QED) is 0.411. The second kappa shape index (κ2) is 9.48. The Bertz CT molecular complexity index is 1280. The summed E-state index contributed by atoms with van der Waals surface area (Å²) in [7, 11) is 6.20. The molecule has 0 radical (unpaired) electrons. The molecule has 0 bridgehead atoms. The van der Waals surface area contributed by atoms with Crippen molar-refractivity contribution in [2.75, 3.05) is 44.4 Å². The van der Waals surface area contributed by atoms with Crippen molar-refractivity contribution in [3.63, 3.8) is 0 Å². The van der Waals surface area contributed by atoms with Crippen molar-refractivity contribution >= 4 is 45.7 Å². The number of primary amides is 1. The average molecular weight is 464 g/mol. The van der Waals surface area contributed by atoms with Gasteiger partial charge in [0.2, 0.25) is 5.95 Å². The van der Waals surface area contributed by atoms with E-state index in [-0.39, 0.29) is 0 Å². The number of para-hydroxylation sites is 1. The highest BCUT2D eigenvalue weighted by molar-refractivity contribution is 6.32. The Labute approximate surface area is 197 Å². The Morgan fingerprint density at radius 2 is 1.82 bits per heavy atom. The van der Waals surface area contributed by atoms with Crippen LogP contribution in [0.4, 0.5) is 17.3 Å². The molecule has 0 saturated carbocycles. The molecule has 33 heavy (non-hydrogen) atoms. The Balaban J connectivity index is 1.60. The Hall–Kier alpha value is -3.62. The zero-order valence-electron chi connectivity index (χ0n) is 18.8. The molecule has 2 heterocycles. The van der Waals surface area contributed by atoms with Gasteiger partial charge in [0.1, 0.15) is 5.02 Å². The number of carbonyl (C=O) groups is 1. The van der Waals surface area contributed by atoms with Crippen LogP contribution in [0.3, 0.4) is 0 Å². The van der Waals surface area contributed by atoms with Gasteiger partial charge in [-0.25, -0.2) is 4.98 Å². The minimum absolute atomic E-state index is 0.357. The van der Waals surface area contributed by atoms with Crippen molar-refractivity contribution < 1.29 is 4.79 Å². The van der Waals surface area contributed by atoms with Gasteiger partial charge in [-0.1, -0.05) is 29.8 Å². The van der Waals surface area contributed by atoms with Gasteiger partial charge in [0.25, 0.3) is 5.91 Å². The lowest BCUT2D eigenvalue weighted by atomic mass is 10.2. The lowest BCUT2D eigenvalue weighted by Crippen LogP contribution is -2.28. The van der Waals surface area contributed by atoms with Crippen LogP contribution in [0, 0.1) is 0 Å². The molecule has 0 fully saturated rings. The average Bonchev–Trinajstić information content (AvgIpc) is 3.19. The number of hydrogen-bond acceptors (Lipinski definition) is 6. The number of aromatic nitrogens is 3. The first-order chi connectivity index (χ1) is 15.8. The number of nitrogens with zero attached hydrogens (tertiary/aromatic N) is 5. The molecular weight excluding hydrogens is 438 g/mol. The highest BCUT2D eigenvalue weighted by Crippen LogP contribution is 2.28. The van der Waals surface area contributed by atoms with E-state index >= 15 is 0 Å². The number of nitrogens with two attached hydrogens (primary N) is 1. The minimum Gasteiger partial charge on any atom is -0.373 e. The van der Waals surface area contributed by atoms with Crippen LogP contribution in [-0.4, -0.2) is 59.6 Å². The van der Waals surface area contributed by atoms with Gasteiger partial charge < -0.3 is 20.9 Å². The summed E-state index contributed by atoms with van der Waals surface area (Å²) >= 11 is 6.43. The molecule has 8 nitrogen and oxygen atoms in total. The van der Waals surface area contributed by atoms with Crippen molar-refractivity contribution in [2.45, 2.75) is 0 Å². The van der Waals surface area contributed by atoms with E-state index in [1.165, 1.54) is 6.20 Å². The van der Waals surface area contributed by atoms with Crippen LogP contribution in [0.25, 0.3) is 16.7 Å². The molecular formula is C24H26ClN7O. The smallest absolute Gasteiger partial charge is 0.250 e. The second-order valence-corrected chi connectivity index (χ2v) is 8.46. The van der Waals surface area contributed by atoms with Crippen LogP contribution in [0.5, 0.6) is 0 Å². The summed E-state index contributed by atoms with van der Waals surface area (Å²) in [5, 5.41) is 4.32. The molecule has 4 rings (SSSR count). The predicted octanol–water partition coefficient (Wildman–Crippen LogP) is 3.91. The summed E-state index contributed by atoms with van der Waals surface area (Å²) in [5.74, 6) is 0.337. The zero-order valence-corrected chi connectivity index (χ0v) is 19.5. The van der Waals surface area contributed by atoms with Crippen LogP contribution in [0.2, 0.25) is 5.02 Å². The first-order valence-electron chi connectivity index (χ1n) is 10.5. The second-order valence-electron chi connectivity index (χ2n) is 8.06. The lowest BCUT2D eigenvalue weighted by Gasteiger charge is -2.21. The standard InChI is InChI=1S/C24H26ClN7O/c1-30(2)12-13-31(3)17-10-8-16(9-11-17)28-24-27-14-20(25)23(29-24)32-15-19(22(26)33)18-6-4-5-7-21(18)32/h4-11,14-15H,12-13H2,1-3H3,(H2,26,33)(H,27,28,29). The van der Waals surface area contributed by atoms with Crippen molar-refractivity contribution in [3.05, 3.63) is 71.5 Å². The van der Waals surface area contributed by atoms with E-state index in [2.05, 4.69) is 46.2 Å². The molecule has 0 saturated heterocycles. The van der Waals surface area contributed by atoms with Crippen molar-refractivity contribution in [1.82, 2.24) is 19.4 Å². The van der Waals surface area contributed by atoms with Crippen molar-refractivity contribution in [1.29, 1.82) is 0 Å². The van der Waals surface area contributed by atoms with E-state index in [4.69, 9.17) is 17.3 Å². The Morgan fingerprint density at radius 1 is 1.09 bits per heavy atom. The van der Waals surface area contributed by atoms with Gasteiger partial charge in [-0.3, -0.25) is 9.36 Å². The number of nitrogens with one attached hydrogen (secondary N) is 1. The summed E-state index contributed by atoms with van der Waals surface area (Å²) in [6.45, 7) is 1.91. The maximum Gasteiger partial charge on any atom is 0.250 e. The van der Waals surface area contributed by atoms with Gasteiger partial charge >= 0.3 is 0 Å². The third-order valence-corrected chi connectivity index (χ3v) is 5.64. The van der Waals surface area contributed by atoms with Crippen LogP contribution in [-0.2, 0) is 0 Å². The van der Waals surface area contributed by atoms with Crippen LogP contribution in [0.15, 0.2) is 60.9 Å². The number of anilines is 3. The van der Waals surface area contributed by atoms with Crippen LogP contribution in [0.1, 0.15) is 10.4 Å². The molecule has 4 aromatic rings. The minimum atomic E-state index is -0.510. The molecule has 1 amide bonds. The molecule has 170 valence electrons. The zero-order chi connectivity index (χ0) is 23.5. The fraction of sp³-hybridized carbons (Fsp3) is 0.208. The number of halogens is 1. The maximum atomic E-state index is 11.9. The van der Waals surface area contributed by atoms with Gasteiger partial charge in [-0.05, 0) is 44.4 Å². The van der Waals surface area contributed by atoms with E-state index in [1.807, 2.05) is 48.5 Å². The van der Waals surface area contributed by atoms with E-state index in [0.29, 0.717) is 22.4 Å². The third kappa shape index (κ3) is 4.92. The summed E-state index contributed by atoms with van der Waals surface area (Å²) < 4.78 is 1.76. The number of likely N-dealkylation sites (N-methyl/N-ethyl adjacent to an activating group) is 2. The van der Waals surface area contributed by atoms with Crippen LogP contribution < -0.4 is 16.0 Å². The molecule has 3 N–H and O–H groups in total. The lowest BCUT2D eigenvalue weighted by molar-refractivity contribution is 0.100. The van der Waals surface area contributed by atoms with E-state index < -0.39 is 5.91 Å². The Kier molecular flexibility index (Phi) is 6.48. The van der Waals surface area contributed by atoms with Crippen LogP contribution >= 0.6 is 11.6 Å². The number of fused-ring (bicyclic) bond motifs is 1. The normalized spacial score (nSPS) is 11.2.